The molecule has 0 atom stereocenters. The lowest BCUT2D eigenvalue weighted by Crippen LogP contribution is -2.08. The molecule has 0 bridgehead atoms. The third-order valence-corrected chi connectivity index (χ3v) is 4.58. The summed E-state index contributed by atoms with van der Waals surface area (Å²) < 4.78 is 0. The third kappa shape index (κ3) is 4.46. The van der Waals surface area contributed by atoms with Crippen LogP contribution in [-0.2, 0) is 0 Å². The lowest BCUT2D eigenvalue weighted by atomic mass is 9.92. The van der Waals surface area contributed by atoms with Crippen molar-refractivity contribution in [3.63, 3.8) is 0 Å². The van der Waals surface area contributed by atoms with Gasteiger partial charge in [-0.05, 0) is 41.5 Å². The first-order chi connectivity index (χ1) is 12.4. The topological polar surface area (TPSA) is 42.3 Å². The first kappa shape index (κ1) is 20.0. The molecule has 0 amide bonds. The molecule has 0 saturated carbocycles. The molecule has 0 aliphatic rings. The fourth-order valence-electron chi connectivity index (χ4n) is 3.03. The molecule has 2 rings (SSSR count). The molecule has 3 nitrogen and oxygen atoms in total. The average molecular weight is 351 g/mol. The molecular formula is C23H30N2O. The molecular weight excluding hydrogens is 320 g/mol. The highest BCUT2D eigenvalue weighted by Crippen LogP contribution is 2.35. The van der Waals surface area contributed by atoms with Crippen molar-refractivity contribution in [2.75, 3.05) is 0 Å². The fraction of sp³-hybridized carbons (Fsp3) is 0.435. The number of hydrogen-bond acceptors (Lipinski definition) is 3. The van der Waals surface area contributed by atoms with Gasteiger partial charge in [-0.15, -0.1) is 0 Å². The molecule has 3 heteroatoms. The molecule has 1 heterocycles. The number of rotatable bonds is 7. The number of pyridine rings is 1. The van der Waals surface area contributed by atoms with E-state index in [0.29, 0.717) is 24.0 Å². The maximum Gasteiger partial charge on any atom is 0.180 e. The zero-order valence-corrected chi connectivity index (χ0v) is 16.8. The Morgan fingerprint density at radius 3 is 1.92 bits per heavy atom. The Morgan fingerprint density at radius 1 is 0.885 bits per heavy atom. The minimum atomic E-state index is 0.0627. The highest BCUT2D eigenvalue weighted by Gasteiger charge is 2.15. The highest BCUT2D eigenvalue weighted by atomic mass is 16.1. The molecule has 1 aromatic heterocycles. The fourth-order valence-corrected chi connectivity index (χ4v) is 3.03. The largest absolute Gasteiger partial charge is 0.292 e. The van der Waals surface area contributed by atoms with Crippen LogP contribution in [0.3, 0.4) is 0 Å². The Labute approximate surface area is 157 Å². The highest BCUT2D eigenvalue weighted by molar-refractivity contribution is 6.02. The first-order valence-corrected chi connectivity index (χ1v) is 9.59. The molecule has 0 aliphatic heterocycles. The van der Waals surface area contributed by atoms with E-state index in [1.165, 1.54) is 11.1 Å². The van der Waals surface area contributed by atoms with E-state index in [-0.39, 0.29) is 5.78 Å². The summed E-state index contributed by atoms with van der Waals surface area (Å²) in [5.74, 6) is 0.853. The zero-order valence-electron chi connectivity index (χ0n) is 16.8. The van der Waals surface area contributed by atoms with Crippen molar-refractivity contribution in [2.45, 2.75) is 66.2 Å². The molecule has 0 fully saturated rings. The average Bonchev–Trinajstić information content (AvgIpc) is 2.64. The van der Waals surface area contributed by atoms with Gasteiger partial charge in [0.2, 0.25) is 0 Å². The number of para-hydroxylation sites is 1. The van der Waals surface area contributed by atoms with Crippen LogP contribution >= 0.6 is 0 Å². The van der Waals surface area contributed by atoms with Crippen LogP contribution in [0.2, 0.25) is 0 Å². The van der Waals surface area contributed by atoms with Crippen molar-refractivity contribution in [1.82, 2.24) is 4.98 Å². The Morgan fingerprint density at radius 2 is 1.42 bits per heavy atom. The second-order valence-electron chi connectivity index (χ2n) is 7.19. The van der Waals surface area contributed by atoms with Crippen molar-refractivity contribution in [1.29, 1.82) is 0 Å². The lowest BCUT2D eigenvalue weighted by Gasteiger charge is -2.17. The zero-order chi connectivity index (χ0) is 19.3. The maximum absolute atomic E-state index is 12.0. The normalized spacial score (nSPS) is 12.1. The summed E-state index contributed by atoms with van der Waals surface area (Å²) in [4.78, 5) is 21.7. The Hall–Kier alpha value is -2.29. The number of aromatic nitrogens is 1. The quantitative estimate of drug-likeness (QED) is 0.425. The number of ketones is 1. The van der Waals surface area contributed by atoms with E-state index >= 15 is 0 Å². The van der Waals surface area contributed by atoms with E-state index in [0.717, 1.165) is 23.5 Å². The van der Waals surface area contributed by atoms with Crippen LogP contribution in [0.4, 0.5) is 5.69 Å². The summed E-state index contributed by atoms with van der Waals surface area (Å²) in [6.45, 7) is 12.7. The van der Waals surface area contributed by atoms with Crippen LogP contribution in [0.5, 0.6) is 0 Å². The van der Waals surface area contributed by atoms with Gasteiger partial charge >= 0.3 is 0 Å². The van der Waals surface area contributed by atoms with Gasteiger partial charge in [0.15, 0.2) is 5.78 Å². The number of carbonyl (C=O) groups excluding carboxylic acids is 1. The molecule has 0 spiro atoms. The molecule has 0 radical (unpaired) electrons. The van der Waals surface area contributed by atoms with E-state index in [4.69, 9.17) is 4.99 Å². The van der Waals surface area contributed by atoms with Crippen molar-refractivity contribution < 1.29 is 4.79 Å². The van der Waals surface area contributed by atoms with Crippen molar-refractivity contribution in [3.8, 4) is 0 Å². The third-order valence-electron chi connectivity index (χ3n) is 4.58. The summed E-state index contributed by atoms with van der Waals surface area (Å²) in [7, 11) is 0. The molecule has 1 aromatic carbocycles. The van der Waals surface area contributed by atoms with Gasteiger partial charge in [-0.2, -0.15) is 0 Å². The minimum Gasteiger partial charge on any atom is -0.292 e. The Kier molecular flexibility index (Phi) is 6.84. The summed E-state index contributed by atoms with van der Waals surface area (Å²) >= 11 is 0. The number of aliphatic imine (C=N–C) groups is 1. The van der Waals surface area contributed by atoms with Crippen LogP contribution in [0.1, 0.15) is 93.5 Å². The Balaban J connectivity index is 2.61. The van der Waals surface area contributed by atoms with Gasteiger partial charge in [0.25, 0.3) is 0 Å². The van der Waals surface area contributed by atoms with Gasteiger partial charge in [0.05, 0.1) is 17.1 Å². The summed E-state index contributed by atoms with van der Waals surface area (Å²) in [5, 5.41) is 0. The maximum atomic E-state index is 12.0. The number of carbonyl (C=O) groups is 1. The summed E-state index contributed by atoms with van der Waals surface area (Å²) in [6, 6.07) is 12.1. The first-order valence-electron chi connectivity index (χ1n) is 9.59. The molecule has 0 saturated heterocycles. The monoisotopic (exact) mass is 350 g/mol. The minimum absolute atomic E-state index is 0.0627. The molecule has 26 heavy (non-hydrogen) atoms. The van der Waals surface area contributed by atoms with Crippen LogP contribution in [0.15, 0.2) is 41.4 Å². The second-order valence-corrected chi connectivity index (χ2v) is 7.19. The van der Waals surface area contributed by atoms with E-state index < -0.39 is 0 Å². The number of nitrogens with zero attached hydrogens (tertiary/aromatic N) is 2. The number of benzene rings is 1. The smallest absolute Gasteiger partial charge is 0.180 e. The van der Waals surface area contributed by atoms with Crippen LogP contribution < -0.4 is 0 Å². The summed E-state index contributed by atoms with van der Waals surface area (Å²) in [6.07, 6.45) is 1.23. The Bertz CT molecular complexity index is 777. The van der Waals surface area contributed by atoms with E-state index in [9.17, 15) is 4.79 Å². The predicted molar refractivity (Wildman–Crippen MR) is 110 cm³/mol. The van der Waals surface area contributed by atoms with E-state index in [2.05, 4.69) is 57.8 Å². The summed E-state index contributed by atoms with van der Waals surface area (Å²) in [5.41, 5.74) is 5.80. The van der Waals surface area contributed by atoms with Crippen molar-refractivity contribution in [3.05, 3.63) is 58.9 Å². The van der Waals surface area contributed by atoms with Gasteiger partial charge in [-0.25, -0.2) is 4.98 Å². The standard InChI is InChI=1S/C23H30N2O/c1-7-19(20-13-10-14-21(24-20)22(26)8-2)25-23-17(15(3)4)11-9-12-18(23)16(5)6/h9-16H,7-8H2,1-6H3/b25-19+. The molecule has 138 valence electrons. The molecule has 0 aliphatic carbocycles. The molecule has 2 aromatic rings. The van der Waals surface area contributed by atoms with Gasteiger partial charge < -0.3 is 0 Å². The van der Waals surface area contributed by atoms with Crippen molar-refractivity contribution in [2.24, 2.45) is 4.99 Å². The van der Waals surface area contributed by atoms with Crippen molar-refractivity contribution >= 4 is 17.2 Å². The molecule has 0 N–H and O–H groups in total. The van der Waals surface area contributed by atoms with Gasteiger partial charge in [-0.1, -0.05) is 65.8 Å². The van der Waals surface area contributed by atoms with Crippen LogP contribution in [0.25, 0.3) is 0 Å². The van der Waals surface area contributed by atoms with Crippen LogP contribution in [0, 0.1) is 0 Å². The number of Topliss-reactive ketones (excluding diaryl/α,β-unsaturated/α-hetero) is 1. The van der Waals surface area contributed by atoms with Gasteiger partial charge in [0, 0.05) is 6.42 Å². The predicted octanol–water partition coefficient (Wildman–Crippen LogP) is 6.45. The van der Waals surface area contributed by atoms with E-state index in [1.807, 2.05) is 19.1 Å². The van der Waals surface area contributed by atoms with Crippen LogP contribution in [-0.4, -0.2) is 16.5 Å². The van der Waals surface area contributed by atoms with Gasteiger partial charge in [0.1, 0.15) is 5.69 Å². The lowest BCUT2D eigenvalue weighted by molar-refractivity contribution is 0.0983. The SMILES string of the molecule is CCC(=O)c1cccc(/C(CC)=N/c2c(C(C)C)cccc2C(C)C)n1. The van der Waals surface area contributed by atoms with E-state index in [1.54, 1.807) is 6.07 Å². The molecule has 0 unspecified atom stereocenters. The number of hydrogen-bond donors (Lipinski definition) is 0. The second kappa shape index (κ2) is 8.88. The van der Waals surface area contributed by atoms with Gasteiger partial charge in [-0.3, -0.25) is 9.79 Å².